The predicted molar refractivity (Wildman–Crippen MR) is 101 cm³/mol. The number of hydrogen-bond donors (Lipinski definition) is 0. The van der Waals surface area contributed by atoms with Gasteiger partial charge in [0, 0.05) is 22.3 Å². The zero-order chi connectivity index (χ0) is 18.1. The molecule has 0 bridgehead atoms. The van der Waals surface area contributed by atoms with E-state index < -0.39 is 6.23 Å². The molecular formula is C20H15ClN2O3. The van der Waals surface area contributed by atoms with Crippen molar-refractivity contribution in [3.63, 3.8) is 0 Å². The van der Waals surface area contributed by atoms with Gasteiger partial charge in [0.1, 0.15) is 5.75 Å². The van der Waals surface area contributed by atoms with Gasteiger partial charge >= 0.3 is 0 Å². The van der Waals surface area contributed by atoms with Crippen LogP contribution in [0.1, 0.15) is 17.4 Å². The van der Waals surface area contributed by atoms with Crippen LogP contribution in [0.5, 0.6) is 5.75 Å². The molecule has 4 rings (SSSR count). The van der Waals surface area contributed by atoms with Crippen LogP contribution in [0.15, 0.2) is 72.8 Å². The largest absolute Gasteiger partial charge is 0.466 e. The summed E-state index contributed by atoms with van der Waals surface area (Å²) in [5.74, 6) is 0.737. The molecule has 1 heterocycles. The Kier molecular flexibility index (Phi) is 4.22. The number of ether oxygens (including phenoxy) is 1. The van der Waals surface area contributed by atoms with E-state index in [1.54, 1.807) is 30.3 Å². The molecule has 1 unspecified atom stereocenters. The van der Waals surface area contributed by atoms with E-state index in [1.807, 2.05) is 41.3 Å². The minimum atomic E-state index is -0.604. The van der Waals surface area contributed by atoms with Crippen molar-refractivity contribution in [1.29, 1.82) is 0 Å². The summed E-state index contributed by atoms with van der Waals surface area (Å²) in [6, 6.07) is 21.8. The van der Waals surface area contributed by atoms with Gasteiger partial charge in [-0.3, -0.25) is 10.1 Å². The summed E-state index contributed by atoms with van der Waals surface area (Å²) in [7, 11) is 0. The van der Waals surface area contributed by atoms with Gasteiger partial charge < -0.3 is 9.64 Å². The lowest BCUT2D eigenvalue weighted by atomic mass is 10.1. The van der Waals surface area contributed by atoms with Crippen molar-refractivity contribution in [3.05, 3.63) is 99.1 Å². The van der Waals surface area contributed by atoms with Gasteiger partial charge in [-0.25, -0.2) is 0 Å². The SMILES string of the molecule is O=[N+]([O-])c1ccccc1C1Oc2ccccc2CN1c1ccc(Cl)cc1. The van der Waals surface area contributed by atoms with E-state index in [9.17, 15) is 10.1 Å². The van der Waals surface area contributed by atoms with Crippen LogP contribution in [-0.4, -0.2) is 4.92 Å². The smallest absolute Gasteiger partial charge is 0.278 e. The van der Waals surface area contributed by atoms with Gasteiger partial charge in [0.15, 0.2) is 0 Å². The lowest BCUT2D eigenvalue weighted by Gasteiger charge is -2.38. The Labute approximate surface area is 155 Å². The molecule has 0 saturated carbocycles. The molecule has 0 aliphatic carbocycles. The fourth-order valence-electron chi connectivity index (χ4n) is 3.15. The van der Waals surface area contributed by atoms with Crippen LogP contribution in [0.2, 0.25) is 5.02 Å². The fraction of sp³-hybridized carbons (Fsp3) is 0.100. The van der Waals surface area contributed by atoms with E-state index in [1.165, 1.54) is 6.07 Å². The van der Waals surface area contributed by atoms with E-state index in [-0.39, 0.29) is 10.6 Å². The number of nitro benzene ring substituents is 1. The van der Waals surface area contributed by atoms with Crippen molar-refractivity contribution in [2.75, 3.05) is 4.90 Å². The second-order valence-corrected chi connectivity index (χ2v) is 6.43. The third-order valence-electron chi connectivity index (χ3n) is 4.39. The number of fused-ring (bicyclic) bond motifs is 1. The number of nitrogens with zero attached hydrogens (tertiary/aromatic N) is 2. The highest BCUT2D eigenvalue weighted by atomic mass is 35.5. The number of rotatable bonds is 3. The normalized spacial score (nSPS) is 15.9. The first-order chi connectivity index (χ1) is 12.6. The van der Waals surface area contributed by atoms with Crippen molar-refractivity contribution in [2.24, 2.45) is 0 Å². The van der Waals surface area contributed by atoms with Gasteiger partial charge in [-0.15, -0.1) is 0 Å². The molecule has 1 aliphatic rings. The topological polar surface area (TPSA) is 55.6 Å². The Morgan fingerprint density at radius 2 is 1.69 bits per heavy atom. The van der Waals surface area contributed by atoms with Crippen molar-refractivity contribution in [3.8, 4) is 5.75 Å². The summed E-state index contributed by atoms with van der Waals surface area (Å²) < 4.78 is 6.19. The van der Waals surface area contributed by atoms with Crippen LogP contribution in [0, 0.1) is 10.1 Å². The quantitative estimate of drug-likeness (QED) is 0.463. The van der Waals surface area contributed by atoms with E-state index in [0.29, 0.717) is 17.1 Å². The van der Waals surface area contributed by atoms with Gasteiger partial charge in [0.2, 0.25) is 6.23 Å². The highest BCUT2D eigenvalue weighted by Gasteiger charge is 2.33. The number of anilines is 1. The number of nitro groups is 1. The third kappa shape index (κ3) is 2.97. The fourth-order valence-corrected chi connectivity index (χ4v) is 3.28. The summed E-state index contributed by atoms with van der Waals surface area (Å²) in [5, 5.41) is 12.1. The Morgan fingerprint density at radius 1 is 1.00 bits per heavy atom. The monoisotopic (exact) mass is 366 g/mol. The number of benzene rings is 3. The molecule has 130 valence electrons. The molecule has 0 N–H and O–H groups in total. The maximum absolute atomic E-state index is 11.5. The highest BCUT2D eigenvalue weighted by molar-refractivity contribution is 6.30. The molecule has 5 nitrogen and oxygen atoms in total. The lowest BCUT2D eigenvalue weighted by molar-refractivity contribution is -0.386. The average molecular weight is 367 g/mol. The molecule has 0 radical (unpaired) electrons. The van der Waals surface area contributed by atoms with E-state index in [0.717, 1.165) is 17.0 Å². The maximum atomic E-state index is 11.5. The molecule has 0 saturated heterocycles. The summed E-state index contributed by atoms with van der Waals surface area (Å²) in [5.41, 5.74) is 2.46. The highest BCUT2D eigenvalue weighted by Crippen LogP contribution is 2.40. The minimum absolute atomic E-state index is 0.0378. The summed E-state index contributed by atoms with van der Waals surface area (Å²) in [4.78, 5) is 13.1. The first-order valence-electron chi connectivity index (χ1n) is 8.13. The minimum Gasteiger partial charge on any atom is -0.466 e. The summed E-state index contributed by atoms with van der Waals surface area (Å²) in [6.45, 7) is 0.578. The van der Waals surface area contributed by atoms with Gasteiger partial charge in [-0.2, -0.15) is 0 Å². The molecular weight excluding hydrogens is 352 g/mol. The molecule has 0 fully saturated rings. The van der Waals surface area contributed by atoms with Crippen LogP contribution in [0.25, 0.3) is 0 Å². The van der Waals surface area contributed by atoms with Gasteiger partial charge in [-0.05, 0) is 36.4 Å². The Hall–Kier alpha value is -3.05. The zero-order valence-electron chi connectivity index (χ0n) is 13.7. The molecule has 6 heteroatoms. The predicted octanol–water partition coefficient (Wildman–Crippen LogP) is 5.35. The first-order valence-corrected chi connectivity index (χ1v) is 8.51. The van der Waals surface area contributed by atoms with Crippen LogP contribution >= 0.6 is 11.6 Å². The Balaban J connectivity index is 1.84. The first kappa shape index (κ1) is 16.4. The molecule has 3 aromatic rings. The number of para-hydroxylation sites is 2. The van der Waals surface area contributed by atoms with Gasteiger partial charge in [-0.1, -0.05) is 41.9 Å². The summed E-state index contributed by atoms with van der Waals surface area (Å²) >= 11 is 6.01. The molecule has 1 atom stereocenters. The molecule has 3 aromatic carbocycles. The second kappa shape index (κ2) is 6.69. The lowest BCUT2D eigenvalue weighted by Crippen LogP contribution is -2.36. The molecule has 1 aliphatic heterocycles. The number of halogens is 1. The summed E-state index contributed by atoms with van der Waals surface area (Å²) in [6.07, 6.45) is -0.604. The van der Waals surface area contributed by atoms with Gasteiger partial charge in [0.25, 0.3) is 5.69 Å². The van der Waals surface area contributed by atoms with Crippen molar-refractivity contribution >= 4 is 23.0 Å². The van der Waals surface area contributed by atoms with E-state index in [4.69, 9.17) is 16.3 Å². The molecule has 0 amide bonds. The zero-order valence-corrected chi connectivity index (χ0v) is 14.5. The van der Waals surface area contributed by atoms with Crippen LogP contribution in [0.3, 0.4) is 0 Å². The maximum Gasteiger partial charge on any atom is 0.278 e. The Bertz CT molecular complexity index is 959. The second-order valence-electron chi connectivity index (χ2n) is 6.00. The molecule has 0 aromatic heterocycles. The van der Waals surface area contributed by atoms with Crippen molar-refractivity contribution < 1.29 is 9.66 Å². The van der Waals surface area contributed by atoms with E-state index in [2.05, 4.69) is 0 Å². The van der Waals surface area contributed by atoms with Crippen LogP contribution in [0.4, 0.5) is 11.4 Å². The molecule has 0 spiro atoms. The standard InChI is InChI=1S/C20H15ClN2O3/c21-15-9-11-16(12-10-15)22-13-14-5-1-4-8-19(14)26-20(22)17-6-2-3-7-18(17)23(24)25/h1-12,20H,13H2. The van der Waals surface area contributed by atoms with E-state index >= 15 is 0 Å². The van der Waals surface area contributed by atoms with Crippen molar-refractivity contribution in [1.82, 2.24) is 0 Å². The van der Waals surface area contributed by atoms with Crippen LogP contribution in [-0.2, 0) is 6.54 Å². The van der Waals surface area contributed by atoms with Gasteiger partial charge in [0.05, 0.1) is 17.0 Å². The third-order valence-corrected chi connectivity index (χ3v) is 4.64. The van der Waals surface area contributed by atoms with Crippen molar-refractivity contribution in [2.45, 2.75) is 12.8 Å². The van der Waals surface area contributed by atoms with Crippen LogP contribution < -0.4 is 9.64 Å². The average Bonchev–Trinajstić information content (AvgIpc) is 2.67. The Morgan fingerprint density at radius 3 is 2.46 bits per heavy atom. The molecule has 26 heavy (non-hydrogen) atoms. The number of hydrogen-bond acceptors (Lipinski definition) is 4.